The Morgan fingerprint density at radius 3 is 1.50 bits per heavy atom. The normalized spacial score (nSPS) is 11.1. The van der Waals surface area contributed by atoms with Crippen LogP contribution in [0.25, 0.3) is 55.4 Å². The first-order chi connectivity index (χ1) is 15.8. The first-order valence-corrected chi connectivity index (χ1v) is 10.6. The molecular weight excluding hydrogens is 390 g/mol. The van der Waals surface area contributed by atoms with Gasteiger partial charge in [0.15, 0.2) is 0 Å². The summed E-state index contributed by atoms with van der Waals surface area (Å²) in [7, 11) is 0. The zero-order chi connectivity index (χ0) is 21.3. The Morgan fingerprint density at radius 2 is 0.938 bits per heavy atom. The van der Waals surface area contributed by atoms with Gasteiger partial charge < -0.3 is 0 Å². The summed E-state index contributed by atoms with van der Waals surface area (Å²) in [4.78, 5) is 13.8. The molecule has 32 heavy (non-hydrogen) atoms. The Bertz CT molecular complexity index is 1440. The molecule has 0 atom stereocenters. The van der Waals surface area contributed by atoms with E-state index in [4.69, 9.17) is 9.97 Å². The fraction of sp³-hybridized carbons (Fsp3) is 0. The molecule has 0 spiro atoms. The van der Waals surface area contributed by atoms with Gasteiger partial charge in [0, 0.05) is 34.3 Å². The second-order valence-corrected chi connectivity index (χ2v) is 7.81. The van der Waals surface area contributed by atoms with Crippen molar-refractivity contribution < 1.29 is 0 Å². The maximum Gasteiger partial charge on any atom is 0.0710 e. The standard InChI is InChI=1S/C29H19N3/c1-2-4-20(5-3-1)26-12-8-24-18-22(6-10-28(24)31-26)23-7-11-29-25(19-23)9-13-27(32-29)21-14-16-30-17-15-21/h1-19H. The van der Waals surface area contributed by atoms with Gasteiger partial charge in [0.25, 0.3) is 0 Å². The van der Waals surface area contributed by atoms with Crippen molar-refractivity contribution in [2.24, 2.45) is 0 Å². The Kier molecular flexibility index (Phi) is 4.43. The summed E-state index contributed by atoms with van der Waals surface area (Å²) >= 11 is 0. The van der Waals surface area contributed by atoms with Crippen molar-refractivity contribution in [3.63, 3.8) is 0 Å². The summed E-state index contributed by atoms with van der Waals surface area (Å²) in [5, 5.41) is 2.26. The monoisotopic (exact) mass is 409 g/mol. The van der Waals surface area contributed by atoms with Crippen molar-refractivity contribution in [3.8, 4) is 33.6 Å². The van der Waals surface area contributed by atoms with E-state index in [2.05, 4.69) is 77.8 Å². The van der Waals surface area contributed by atoms with E-state index in [9.17, 15) is 0 Å². The molecule has 0 aliphatic heterocycles. The lowest BCUT2D eigenvalue weighted by Gasteiger charge is -2.08. The fourth-order valence-electron chi connectivity index (χ4n) is 4.06. The van der Waals surface area contributed by atoms with E-state index >= 15 is 0 Å². The Labute approximate surface area is 186 Å². The molecule has 3 nitrogen and oxygen atoms in total. The van der Waals surface area contributed by atoms with Crippen LogP contribution in [-0.4, -0.2) is 15.0 Å². The number of hydrogen-bond donors (Lipinski definition) is 0. The number of fused-ring (bicyclic) bond motifs is 2. The molecule has 3 heteroatoms. The molecular formula is C29H19N3. The summed E-state index contributed by atoms with van der Waals surface area (Å²) < 4.78 is 0. The van der Waals surface area contributed by atoms with E-state index < -0.39 is 0 Å². The van der Waals surface area contributed by atoms with Gasteiger partial charge in [-0.05, 0) is 59.7 Å². The molecule has 150 valence electrons. The molecule has 0 aliphatic carbocycles. The average Bonchev–Trinajstić information content (AvgIpc) is 2.88. The predicted molar refractivity (Wildman–Crippen MR) is 131 cm³/mol. The molecule has 0 N–H and O–H groups in total. The highest BCUT2D eigenvalue weighted by Gasteiger charge is 2.06. The number of pyridine rings is 3. The first kappa shape index (κ1) is 18.4. The maximum atomic E-state index is 4.85. The van der Waals surface area contributed by atoms with Crippen LogP contribution in [0.3, 0.4) is 0 Å². The van der Waals surface area contributed by atoms with E-state index in [1.165, 1.54) is 11.1 Å². The van der Waals surface area contributed by atoms with Crippen LogP contribution in [0.15, 0.2) is 116 Å². The molecule has 0 bridgehead atoms. The highest BCUT2D eigenvalue weighted by atomic mass is 14.7. The second-order valence-electron chi connectivity index (χ2n) is 7.81. The lowest BCUT2D eigenvalue weighted by molar-refractivity contribution is 1.31. The van der Waals surface area contributed by atoms with Gasteiger partial charge >= 0.3 is 0 Å². The van der Waals surface area contributed by atoms with Crippen molar-refractivity contribution in [2.75, 3.05) is 0 Å². The second kappa shape index (κ2) is 7.71. The summed E-state index contributed by atoms with van der Waals surface area (Å²) in [6, 6.07) is 35.6. The minimum atomic E-state index is 0.957. The third-order valence-corrected chi connectivity index (χ3v) is 5.76. The summed E-state index contributed by atoms with van der Waals surface area (Å²) in [5.41, 5.74) is 8.48. The maximum absolute atomic E-state index is 4.85. The van der Waals surface area contributed by atoms with Crippen LogP contribution in [0.1, 0.15) is 0 Å². The number of rotatable bonds is 3. The largest absolute Gasteiger partial charge is 0.265 e. The summed E-state index contributed by atoms with van der Waals surface area (Å²) in [6.45, 7) is 0. The quantitative estimate of drug-likeness (QED) is 0.311. The molecule has 0 fully saturated rings. The van der Waals surface area contributed by atoms with Crippen LogP contribution in [0.5, 0.6) is 0 Å². The molecule has 0 unspecified atom stereocenters. The Morgan fingerprint density at radius 1 is 0.406 bits per heavy atom. The van der Waals surface area contributed by atoms with Gasteiger partial charge in [-0.1, -0.05) is 54.6 Å². The summed E-state index contributed by atoms with van der Waals surface area (Å²) in [5.74, 6) is 0. The zero-order valence-corrected chi connectivity index (χ0v) is 17.3. The highest BCUT2D eigenvalue weighted by molar-refractivity contribution is 5.90. The lowest BCUT2D eigenvalue weighted by atomic mass is 10.0. The highest BCUT2D eigenvalue weighted by Crippen LogP contribution is 2.29. The van der Waals surface area contributed by atoms with E-state index in [0.29, 0.717) is 0 Å². The van der Waals surface area contributed by atoms with Crippen molar-refractivity contribution in [1.82, 2.24) is 15.0 Å². The Hall–Kier alpha value is -4.37. The van der Waals surface area contributed by atoms with E-state index in [-0.39, 0.29) is 0 Å². The van der Waals surface area contributed by atoms with Gasteiger partial charge in [0.2, 0.25) is 0 Å². The summed E-state index contributed by atoms with van der Waals surface area (Å²) in [6.07, 6.45) is 3.59. The lowest BCUT2D eigenvalue weighted by Crippen LogP contribution is -1.88. The molecule has 3 heterocycles. The minimum absolute atomic E-state index is 0.957. The molecule has 0 saturated heterocycles. The predicted octanol–water partition coefficient (Wildman–Crippen LogP) is 7.18. The van der Waals surface area contributed by atoms with Gasteiger partial charge in [-0.2, -0.15) is 0 Å². The van der Waals surface area contributed by atoms with E-state index in [1.54, 1.807) is 12.4 Å². The molecule has 0 aliphatic rings. The van der Waals surface area contributed by atoms with Crippen LogP contribution in [0, 0.1) is 0 Å². The van der Waals surface area contributed by atoms with Crippen LogP contribution in [0.2, 0.25) is 0 Å². The minimum Gasteiger partial charge on any atom is -0.265 e. The number of nitrogens with zero attached hydrogens (tertiary/aromatic N) is 3. The molecule has 3 aromatic heterocycles. The third kappa shape index (κ3) is 3.40. The van der Waals surface area contributed by atoms with Crippen LogP contribution in [-0.2, 0) is 0 Å². The van der Waals surface area contributed by atoms with E-state index in [0.717, 1.165) is 44.3 Å². The Balaban J connectivity index is 1.36. The fourth-order valence-corrected chi connectivity index (χ4v) is 4.06. The molecule has 6 aromatic rings. The zero-order valence-electron chi connectivity index (χ0n) is 17.3. The van der Waals surface area contributed by atoms with Crippen molar-refractivity contribution in [1.29, 1.82) is 0 Å². The number of benzene rings is 3. The van der Waals surface area contributed by atoms with E-state index in [1.807, 2.05) is 30.3 Å². The van der Waals surface area contributed by atoms with Crippen molar-refractivity contribution in [3.05, 3.63) is 116 Å². The molecule has 0 radical (unpaired) electrons. The smallest absolute Gasteiger partial charge is 0.0710 e. The SMILES string of the molecule is c1ccc(-c2ccc3cc(-c4ccc5nc(-c6ccncc6)ccc5c4)ccc3n2)cc1. The first-order valence-electron chi connectivity index (χ1n) is 10.6. The van der Waals surface area contributed by atoms with Crippen LogP contribution >= 0.6 is 0 Å². The van der Waals surface area contributed by atoms with Gasteiger partial charge in [-0.25, -0.2) is 9.97 Å². The van der Waals surface area contributed by atoms with Gasteiger partial charge in [0.05, 0.1) is 22.4 Å². The van der Waals surface area contributed by atoms with Gasteiger partial charge in [0.1, 0.15) is 0 Å². The number of hydrogen-bond acceptors (Lipinski definition) is 3. The van der Waals surface area contributed by atoms with Gasteiger partial charge in [-0.15, -0.1) is 0 Å². The molecule has 3 aromatic carbocycles. The number of aromatic nitrogens is 3. The van der Waals surface area contributed by atoms with Crippen LogP contribution < -0.4 is 0 Å². The average molecular weight is 409 g/mol. The molecule has 6 rings (SSSR count). The third-order valence-electron chi connectivity index (χ3n) is 5.76. The topological polar surface area (TPSA) is 38.7 Å². The van der Waals surface area contributed by atoms with Crippen LogP contribution in [0.4, 0.5) is 0 Å². The van der Waals surface area contributed by atoms with Gasteiger partial charge in [-0.3, -0.25) is 4.98 Å². The van der Waals surface area contributed by atoms with Crippen molar-refractivity contribution in [2.45, 2.75) is 0 Å². The molecule has 0 amide bonds. The van der Waals surface area contributed by atoms with Crippen molar-refractivity contribution >= 4 is 21.8 Å². The molecule has 0 saturated carbocycles.